The monoisotopic (exact) mass is 336 g/mol. The van der Waals surface area contributed by atoms with Gasteiger partial charge in [0.25, 0.3) is 0 Å². The summed E-state index contributed by atoms with van der Waals surface area (Å²) >= 11 is 5.83. The second kappa shape index (κ2) is 7.30. The van der Waals surface area contributed by atoms with Crippen molar-refractivity contribution in [1.29, 1.82) is 0 Å². The molecule has 122 valence electrons. The van der Waals surface area contributed by atoms with Gasteiger partial charge in [-0.05, 0) is 24.1 Å². The highest BCUT2D eigenvalue weighted by molar-refractivity contribution is 6.30. The molecule has 4 nitrogen and oxygen atoms in total. The Balaban J connectivity index is 1.84. The first-order chi connectivity index (χ1) is 10.3. The Bertz CT molecular complexity index is 508. The Morgan fingerprint density at radius 1 is 1.32 bits per heavy atom. The van der Waals surface area contributed by atoms with Crippen LogP contribution in [0.2, 0.25) is 5.02 Å². The van der Waals surface area contributed by atoms with E-state index in [1.54, 1.807) is 12.1 Å². The predicted molar refractivity (Wildman–Crippen MR) is 75.6 cm³/mol. The second-order valence-corrected chi connectivity index (χ2v) is 5.45. The molecule has 0 saturated carbocycles. The fourth-order valence-electron chi connectivity index (χ4n) is 2.26. The molecular formula is C14H16ClF3N2O2. The normalized spacial score (nSPS) is 21.8. The number of halogens is 4. The van der Waals surface area contributed by atoms with Crippen molar-refractivity contribution in [3.05, 3.63) is 34.9 Å². The molecule has 1 amide bonds. The number of carbonyl (C=O) groups is 1. The van der Waals surface area contributed by atoms with Gasteiger partial charge in [-0.2, -0.15) is 13.2 Å². The maximum atomic E-state index is 12.0. The Morgan fingerprint density at radius 2 is 2.00 bits per heavy atom. The van der Waals surface area contributed by atoms with Gasteiger partial charge >= 0.3 is 6.18 Å². The van der Waals surface area contributed by atoms with Crippen LogP contribution >= 0.6 is 11.6 Å². The van der Waals surface area contributed by atoms with Gasteiger partial charge in [0.2, 0.25) is 5.91 Å². The first kappa shape index (κ1) is 17.1. The number of nitrogens with one attached hydrogen (secondary N) is 2. The minimum absolute atomic E-state index is 0.127. The van der Waals surface area contributed by atoms with E-state index in [1.165, 1.54) is 0 Å². The molecule has 0 aliphatic carbocycles. The molecule has 0 unspecified atom stereocenters. The van der Waals surface area contributed by atoms with Gasteiger partial charge in [0, 0.05) is 17.7 Å². The lowest BCUT2D eigenvalue weighted by Crippen LogP contribution is -2.43. The van der Waals surface area contributed by atoms with Crippen molar-refractivity contribution >= 4 is 17.5 Å². The zero-order valence-corrected chi connectivity index (χ0v) is 12.4. The lowest BCUT2D eigenvalue weighted by Gasteiger charge is -2.20. The van der Waals surface area contributed by atoms with Crippen LogP contribution in [0.4, 0.5) is 13.2 Å². The van der Waals surface area contributed by atoms with E-state index in [9.17, 15) is 18.0 Å². The zero-order chi connectivity index (χ0) is 16.2. The highest BCUT2D eigenvalue weighted by Gasteiger charge is 2.31. The summed E-state index contributed by atoms with van der Waals surface area (Å²) in [4.78, 5) is 11.4. The standard InChI is InChI=1S/C14H16ClF3N2O2/c15-10-3-1-9(2-4-10)13-11(5-6-22-13)19-7-12(21)20-8-14(16,17)18/h1-4,11,13,19H,5-8H2,(H,20,21)/t11-,13+/m0/s1. The molecule has 22 heavy (non-hydrogen) atoms. The number of benzene rings is 1. The second-order valence-electron chi connectivity index (χ2n) is 5.01. The smallest absolute Gasteiger partial charge is 0.372 e. The van der Waals surface area contributed by atoms with Gasteiger partial charge in [-0.15, -0.1) is 0 Å². The molecule has 1 aromatic rings. The van der Waals surface area contributed by atoms with Crippen LogP contribution in [0.5, 0.6) is 0 Å². The highest BCUT2D eigenvalue weighted by Crippen LogP contribution is 2.29. The summed E-state index contributed by atoms with van der Waals surface area (Å²) in [6.07, 6.45) is -3.97. The number of ether oxygens (including phenoxy) is 1. The Kier molecular flexibility index (Phi) is 5.66. The fourth-order valence-corrected chi connectivity index (χ4v) is 2.39. The largest absolute Gasteiger partial charge is 0.405 e. The molecule has 1 saturated heterocycles. The average molecular weight is 337 g/mol. The third-order valence-electron chi connectivity index (χ3n) is 3.30. The van der Waals surface area contributed by atoms with Gasteiger partial charge in [-0.25, -0.2) is 0 Å². The van der Waals surface area contributed by atoms with Gasteiger partial charge in [-0.3, -0.25) is 4.79 Å². The SMILES string of the molecule is O=C(CN[C@H]1CCO[C@@H]1c1ccc(Cl)cc1)NCC(F)(F)F. The van der Waals surface area contributed by atoms with Crippen molar-refractivity contribution in [1.82, 2.24) is 10.6 Å². The van der Waals surface area contributed by atoms with Crippen molar-refractivity contribution in [2.45, 2.75) is 24.7 Å². The molecule has 8 heteroatoms. The minimum Gasteiger partial charge on any atom is -0.372 e. The van der Waals surface area contributed by atoms with Crippen LogP contribution in [0.25, 0.3) is 0 Å². The molecule has 0 bridgehead atoms. The molecule has 1 heterocycles. The molecule has 2 N–H and O–H groups in total. The van der Waals surface area contributed by atoms with E-state index in [1.807, 2.05) is 17.4 Å². The summed E-state index contributed by atoms with van der Waals surface area (Å²) in [5, 5.41) is 5.38. The number of amides is 1. The molecule has 0 aromatic heterocycles. The predicted octanol–water partition coefficient (Wildman–Crippen LogP) is 2.44. The third-order valence-corrected chi connectivity index (χ3v) is 3.55. The summed E-state index contributed by atoms with van der Waals surface area (Å²) in [6, 6.07) is 7.02. The van der Waals surface area contributed by atoms with E-state index in [-0.39, 0.29) is 18.7 Å². The molecule has 0 radical (unpaired) electrons. The van der Waals surface area contributed by atoms with Crippen molar-refractivity contribution in [2.75, 3.05) is 19.7 Å². The van der Waals surface area contributed by atoms with Crippen LogP contribution in [0.3, 0.4) is 0 Å². The molecule has 2 atom stereocenters. The number of hydrogen-bond acceptors (Lipinski definition) is 3. The van der Waals surface area contributed by atoms with Crippen molar-refractivity contribution < 1.29 is 22.7 Å². The number of rotatable bonds is 5. The maximum Gasteiger partial charge on any atom is 0.405 e. The van der Waals surface area contributed by atoms with Crippen LogP contribution < -0.4 is 10.6 Å². The number of carbonyl (C=O) groups excluding carboxylic acids is 1. The summed E-state index contributed by atoms with van der Waals surface area (Å²) in [7, 11) is 0. The number of hydrogen-bond donors (Lipinski definition) is 2. The highest BCUT2D eigenvalue weighted by atomic mass is 35.5. The Hall–Kier alpha value is -1.31. The molecule has 2 rings (SSSR count). The third kappa shape index (κ3) is 5.15. The zero-order valence-electron chi connectivity index (χ0n) is 11.6. The molecule has 0 spiro atoms. The van der Waals surface area contributed by atoms with Gasteiger partial charge < -0.3 is 15.4 Å². The quantitative estimate of drug-likeness (QED) is 0.868. The van der Waals surface area contributed by atoms with Gasteiger partial charge in [0.05, 0.1) is 12.6 Å². The van der Waals surface area contributed by atoms with Gasteiger partial charge in [0.1, 0.15) is 6.54 Å². The number of alkyl halides is 3. The van der Waals surface area contributed by atoms with Gasteiger partial charge in [-0.1, -0.05) is 23.7 Å². The van der Waals surface area contributed by atoms with E-state index >= 15 is 0 Å². The molecule has 1 aliphatic heterocycles. The van der Waals surface area contributed by atoms with E-state index in [0.29, 0.717) is 18.1 Å². The summed E-state index contributed by atoms with van der Waals surface area (Å²) in [5.74, 6) is -0.695. The van der Waals surface area contributed by atoms with E-state index in [2.05, 4.69) is 5.32 Å². The van der Waals surface area contributed by atoms with Crippen LogP contribution in [-0.4, -0.2) is 37.8 Å². The van der Waals surface area contributed by atoms with Crippen LogP contribution in [0, 0.1) is 0 Å². The summed E-state index contributed by atoms with van der Waals surface area (Å²) in [6.45, 7) is -0.987. The first-order valence-electron chi connectivity index (χ1n) is 6.79. The summed E-state index contributed by atoms with van der Waals surface area (Å²) < 4.78 is 41.6. The lowest BCUT2D eigenvalue weighted by atomic mass is 10.0. The fraction of sp³-hybridized carbons (Fsp3) is 0.500. The lowest BCUT2D eigenvalue weighted by molar-refractivity contribution is -0.138. The van der Waals surface area contributed by atoms with Gasteiger partial charge in [0.15, 0.2) is 0 Å². The Morgan fingerprint density at radius 3 is 2.64 bits per heavy atom. The minimum atomic E-state index is -4.40. The van der Waals surface area contributed by atoms with E-state index in [4.69, 9.17) is 16.3 Å². The van der Waals surface area contributed by atoms with Crippen molar-refractivity contribution in [3.8, 4) is 0 Å². The van der Waals surface area contributed by atoms with Crippen LogP contribution in [0.1, 0.15) is 18.1 Å². The van der Waals surface area contributed by atoms with E-state index < -0.39 is 18.6 Å². The summed E-state index contributed by atoms with van der Waals surface area (Å²) in [5.41, 5.74) is 0.912. The molecular weight excluding hydrogens is 321 g/mol. The van der Waals surface area contributed by atoms with Crippen molar-refractivity contribution in [3.63, 3.8) is 0 Å². The maximum absolute atomic E-state index is 12.0. The van der Waals surface area contributed by atoms with Crippen LogP contribution in [-0.2, 0) is 9.53 Å². The Labute approximate surface area is 131 Å². The van der Waals surface area contributed by atoms with E-state index in [0.717, 1.165) is 5.56 Å². The molecule has 1 aromatic carbocycles. The topological polar surface area (TPSA) is 50.4 Å². The molecule has 1 aliphatic rings. The first-order valence-corrected chi connectivity index (χ1v) is 7.17. The average Bonchev–Trinajstić information content (AvgIpc) is 2.91. The van der Waals surface area contributed by atoms with Crippen LogP contribution in [0.15, 0.2) is 24.3 Å². The molecule has 1 fully saturated rings. The van der Waals surface area contributed by atoms with Crippen molar-refractivity contribution in [2.24, 2.45) is 0 Å².